The summed E-state index contributed by atoms with van der Waals surface area (Å²) in [6.07, 6.45) is 2.46. The van der Waals surface area contributed by atoms with Gasteiger partial charge in [0.25, 0.3) is 0 Å². The van der Waals surface area contributed by atoms with Gasteiger partial charge >= 0.3 is 0 Å². The number of rotatable bonds is 9. The fourth-order valence-corrected chi connectivity index (χ4v) is 3.26. The summed E-state index contributed by atoms with van der Waals surface area (Å²) in [5.41, 5.74) is 3.51. The molecule has 0 spiro atoms. The molecule has 0 radical (unpaired) electrons. The van der Waals surface area contributed by atoms with E-state index in [0.29, 0.717) is 19.1 Å². The average molecular weight is 370 g/mol. The Kier molecular flexibility index (Phi) is 6.99. The van der Waals surface area contributed by atoms with Crippen LogP contribution in [-0.4, -0.2) is 32.5 Å². The van der Waals surface area contributed by atoms with Crippen LogP contribution in [0.1, 0.15) is 43.7 Å². The van der Waals surface area contributed by atoms with Crippen LogP contribution in [0.2, 0.25) is 0 Å². The lowest BCUT2D eigenvalue weighted by Gasteiger charge is -2.16. The summed E-state index contributed by atoms with van der Waals surface area (Å²) < 4.78 is 17.5. The normalized spacial score (nSPS) is 16.5. The fourth-order valence-electron chi connectivity index (χ4n) is 3.26. The molecule has 1 N–H and O–H groups in total. The van der Waals surface area contributed by atoms with Crippen molar-refractivity contribution in [3.8, 4) is 11.5 Å². The number of anilines is 1. The molecule has 4 nitrogen and oxygen atoms in total. The van der Waals surface area contributed by atoms with Crippen molar-refractivity contribution in [1.29, 1.82) is 0 Å². The van der Waals surface area contributed by atoms with E-state index in [1.54, 1.807) is 0 Å². The highest BCUT2D eigenvalue weighted by molar-refractivity contribution is 5.48. The molecule has 0 bridgehead atoms. The van der Waals surface area contributed by atoms with Crippen LogP contribution in [0.15, 0.2) is 42.5 Å². The van der Waals surface area contributed by atoms with Gasteiger partial charge in [-0.15, -0.1) is 0 Å². The lowest BCUT2D eigenvalue weighted by Crippen LogP contribution is -2.16. The highest BCUT2D eigenvalue weighted by Gasteiger charge is 2.16. The minimum atomic E-state index is 0.236. The van der Waals surface area contributed by atoms with Crippen molar-refractivity contribution in [3.63, 3.8) is 0 Å². The van der Waals surface area contributed by atoms with Gasteiger partial charge in [0.1, 0.15) is 24.7 Å². The third-order valence-electron chi connectivity index (χ3n) is 4.77. The number of nitrogens with one attached hydrogen (secondary N) is 1. The van der Waals surface area contributed by atoms with E-state index >= 15 is 0 Å². The summed E-state index contributed by atoms with van der Waals surface area (Å²) in [6, 6.07) is 14.5. The van der Waals surface area contributed by atoms with E-state index in [1.165, 1.54) is 11.1 Å². The Balaban J connectivity index is 1.46. The maximum Gasteiger partial charge on any atom is 0.123 e. The van der Waals surface area contributed by atoms with Gasteiger partial charge in [0.2, 0.25) is 0 Å². The van der Waals surface area contributed by atoms with Crippen LogP contribution in [0.4, 0.5) is 5.69 Å². The molecule has 1 heterocycles. The molecule has 0 amide bonds. The maximum absolute atomic E-state index is 6.04. The van der Waals surface area contributed by atoms with Crippen LogP contribution in [-0.2, 0) is 4.74 Å². The van der Waals surface area contributed by atoms with Gasteiger partial charge in [0.05, 0.1) is 6.10 Å². The first-order chi connectivity index (χ1) is 13.1. The molecule has 1 aliphatic heterocycles. The molecule has 3 rings (SSSR count). The molecule has 2 aromatic rings. The number of hydrogen-bond donors (Lipinski definition) is 1. The smallest absolute Gasteiger partial charge is 0.123 e. The van der Waals surface area contributed by atoms with Gasteiger partial charge < -0.3 is 19.5 Å². The first kappa shape index (κ1) is 19.6. The predicted octanol–water partition coefficient (Wildman–Crippen LogP) is 5.17. The van der Waals surface area contributed by atoms with Crippen molar-refractivity contribution in [1.82, 2.24) is 0 Å². The Morgan fingerprint density at radius 3 is 2.81 bits per heavy atom. The summed E-state index contributed by atoms with van der Waals surface area (Å²) in [7, 11) is 0. The van der Waals surface area contributed by atoms with Crippen LogP contribution in [0.3, 0.4) is 0 Å². The quantitative estimate of drug-likeness (QED) is 0.619. The first-order valence-corrected chi connectivity index (χ1v) is 9.93. The highest BCUT2D eigenvalue weighted by Crippen LogP contribution is 2.27. The summed E-state index contributed by atoms with van der Waals surface area (Å²) in [6.45, 7) is 9.31. The molecule has 4 heteroatoms. The minimum absolute atomic E-state index is 0.236. The second-order valence-corrected chi connectivity index (χ2v) is 7.45. The van der Waals surface area contributed by atoms with Crippen LogP contribution in [0.5, 0.6) is 11.5 Å². The summed E-state index contributed by atoms with van der Waals surface area (Å²) in [5, 5.41) is 3.41. The van der Waals surface area contributed by atoms with Gasteiger partial charge in [-0.1, -0.05) is 32.0 Å². The molecule has 1 atom stereocenters. The molecule has 1 aliphatic rings. The van der Waals surface area contributed by atoms with E-state index in [4.69, 9.17) is 14.2 Å². The molecular weight excluding hydrogens is 338 g/mol. The van der Waals surface area contributed by atoms with E-state index in [0.717, 1.165) is 43.2 Å². The van der Waals surface area contributed by atoms with Crippen LogP contribution in [0, 0.1) is 6.92 Å². The SMILES string of the molecule is Cc1ccc(C(C)C)c(OCCNc2cccc(OCC3CCCO3)c2)c1. The Labute approximate surface area is 162 Å². The van der Waals surface area contributed by atoms with Gasteiger partial charge in [-0.2, -0.15) is 0 Å². The molecule has 0 saturated carbocycles. The Morgan fingerprint density at radius 1 is 1.15 bits per heavy atom. The fraction of sp³-hybridized carbons (Fsp3) is 0.478. The summed E-state index contributed by atoms with van der Waals surface area (Å²) in [5.74, 6) is 2.31. The third kappa shape index (κ3) is 5.90. The molecule has 146 valence electrons. The number of hydrogen-bond acceptors (Lipinski definition) is 4. The van der Waals surface area contributed by atoms with E-state index < -0.39 is 0 Å². The van der Waals surface area contributed by atoms with E-state index in [2.05, 4.69) is 44.3 Å². The zero-order chi connectivity index (χ0) is 19.1. The molecule has 0 aromatic heterocycles. The molecule has 27 heavy (non-hydrogen) atoms. The van der Waals surface area contributed by atoms with Crippen molar-refractivity contribution < 1.29 is 14.2 Å². The molecular formula is C23H31NO3. The molecule has 1 unspecified atom stereocenters. The molecule has 0 aliphatic carbocycles. The summed E-state index contributed by atoms with van der Waals surface area (Å²) >= 11 is 0. The van der Waals surface area contributed by atoms with Gasteiger partial charge in [0.15, 0.2) is 0 Å². The van der Waals surface area contributed by atoms with Crippen molar-refractivity contribution in [3.05, 3.63) is 53.6 Å². The van der Waals surface area contributed by atoms with Crippen molar-refractivity contribution >= 4 is 5.69 Å². The Morgan fingerprint density at radius 2 is 2.04 bits per heavy atom. The third-order valence-corrected chi connectivity index (χ3v) is 4.77. The standard InChI is InChI=1S/C23H31NO3/c1-17(2)22-10-9-18(3)14-23(22)26-13-11-24-19-6-4-7-20(15-19)27-16-21-8-5-12-25-21/h4,6-7,9-10,14-15,17,21,24H,5,8,11-13,16H2,1-3H3. The van der Waals surface area contributed by atoms with Gasteiger partial charge in [-0.3, -0.25) is 0 Å². The Bertz CT molecular complexity index is 723. The predicted molar refractivity (Wildman–Crippen MR) is 110 cm³/mol. The molecule has 1 fully saturated rings. The van der Waals surface area contributed by atoms with Crippen LogP contribution >= 0.6 is 0 Å². The number of ether oxygens (including phenoxy) is 3. The number of aryl methyl sites for hydroxylation is 1. The van der Waals surface area contributed by atoms with Gasteiger partial charge in [-0.05, 0) is 55.0 Å². The second kappa shape index (κ2) is 9.65. The minimum Gasteiger partial charge on any atom is -0.491 e. The average Bonchev–Trinajstić information content (AvgIpc) is 3.17. The number of benzene rings is 2. The van der Waals surface area contributed by atoms with Crippen LogP contribution in [0.25, 0.3) is 0 Å². The van der Waals surface area contributed by atoms with Crippen molar-refractivity contribution in [2.75, 3.05) is 31.7 Å². The van der Waals surface area contributed by atoms with E-state index in [-0.39, 0.29) is 6.10 Å². The molecule has 1 saturated heterocycles. The maximum atomic E-state index is 6.04. The van der Waals surface area contributed by atoms with E-state index in [1.807, 2.05) is 24.3 Å². The largest absolute Gasteiger partial charge is 0.491 e. The van der Waals surface area contributed by atoms with E-state index in [9.17, 15) is 0 Å². The lowest BCUT2D eigenvalue weighted by atomic mass is 10.0. The van der Waals surface area contributed by atoms with Gasteiger partial charge in [-0.25, -0.2) is 0 Å². The zero-order valence-corrected chi connectivity index (χ0v) is 16.7. The lowest BCUT2D eigenvalue weighted by molar-refractivity contribution is 0.0680. The van der Waals surface area contributed by atoms with Crippen molar-refractivity contribution in [2.24, 2.45) is 0 Å². The highest BCUT2D eigenvalue weighted by atomic mass is 16.5. The second-order valence-electron chi connectivity index (χ2n) is 7.45. The molecule has 2 aromatic carbocycles. The summed E-state index contributed by atoms with van der Waals surface area (Å²) in [4.78, 5) is 0. The first-order valence-electron chi connectivity index (χ1n) is 9.93. The van der Waals surface area contributed by atoms with Crippen molar-refractivity contribution in [2.45, 2.75) is 45.6 Å². The monoisotopic (exact) mass is 369 g/mol. The van der Waals surface area contributed by atoms with Crippen LogP contribution < -0.4 is 14.8 Å². The Hall–Kier alpha value is -2.20. The van der Waals surface area contributed by atoms with Gasteiger partial charge in [0, 0.05) is 24.9 Å². The topological polar surface area (TPSA) is 39.7 Å². The zero-order valence-electron chi connectivity index (χ0n) is 16.7.